The Bertz CT molecular complexity index is 1240. The van der Waals surface area contributed by atoms with Crippen molar-refractivity contribution in [1.82, 2.24) is 40.6 Å². The summed E-state index contributed by atoms with van der Waals surface area (Å²) in [6.45, 7) is 8.00. The lowest BCUT2D eigenvalue weighted by molar-refractivity contribution is 0.881. The Hall–Kier alpha value is -4.32. The van der Waals surface area contributed by atoms with Gasteiger partial charge in [-0.3, -0.25) is 0 Å². The van der Waals surface area contributed by atoms with E-state index < -0.39 is 0 Å². The number of hydrogen-bond acceptors (Lipinski definition) is 8. The standard InChI is InChI=1S/C9H6N6.C9H5N3.2C2H6.2CH4.H2/c1-2-4-7-6(3-1)8(11-5-10-7)9-12-14-15-13-9;10-5-9-7-3-1-2-4-8(7)11-6-12-9;2*1-2;;;/h1-5H,(H,12,13,14,15);1-4,6H;2*1-2H3;2*1H4;1H/i;;;;;;1+1. The minimum Gasteiger partial charge on any atom is -0.236 e. The van der Waals surface area contributed by atoms with Gasteiger partial charge in [-0.1, -0.05) is 72.9 Å². The zero-order valence-electron chi connectivity index (χ0n) is 17.9. The van der Waals surface area contributed by atoms with Crippen LogP contribution in [-0.2, 0) is 0 Å². The number of nitrogens with zero attached hydrogens (tertiary/aromatic N) is 8. The van der Waals surface area contributed by atoms with Crippen molar-refractivity contribution in [3.8, 4) is 17.6 Å². The maximum absolute atomic E-state index is 8.70. The molecule has 0 saturated heterocycles. The molecule has 0 fully saturated rings. The molecule has 9 nitrogen and oxygen atoms in total. The molecule has 0 aliphatic heterocycles. The molecule has 5 aromatic rings. The normalized spacial score (nSPS) is 8.70. The Morgan fingerprint density at radius 3 is 1.88 bits per heavy atom. The summed E-state index contributed by atoms with van der Waals surface area (Å²) >= 11 is 0. The van der Waals surface area contributed by atoms with Crippen LogP contribution in [0.1, 0.15) is 49.7 Å². The molecule has 0 spiro atoms. The lowest BCUT2D eigenvalue weighted by Crippen LogP contribution is -1.90. The molecule has 0 aliphatic rings. The van der Waals surface area contributed by atoms with Crippen LogP contribution in [-0.4, -0.2) is 40.6 Å². The van der Waals surface area contributed by atoms with Gasteiger partial charge in [-0.2, -0.15) is 10.5 Å². The molecule has 3 aromatic heterocycles. The molecule has 9 heteroatoms. The molecule has 0 saturated carbocycles. The van der Waals surface area contributed by atoms with Crippen LogP contribution >= 0.6 is 0 Å². The van der Waals surface area contributed by atoms with Crippen molar-refractivity contribution in [2.45, 2.75) is 42.5 Å². The van der Waals surface area contributed by atoms with E-state index in [9.17, 15) is 0 Å². The number of rotatable bonds is 1. The van der Waals surface area contributed by atoms with Crippen LogP contribution in [0.15, 0.2) is 61.2 Å². The number of tetrazole rings is 1. The zero-order chi connectivity index (χ0) is 22.5. The molecule has 33 heavy (non-hydrogen) atoms. The second-order valence-electron chi connectivity index (χ2n) is 5.33. The van der Waals surface area contributed by atoms with E-state index in [-0.39, 0.29) is 16.3 Å². The van der Waals surface area contributed by atoms with Crippen molar-refractivity contribution in [2.75, 3.05) is 0 Å². The number of aromatic nitrogens is 8. The molecule has 174 valence electrons. The summed E-state index contributed by atoms with van der Waals surface area (Å²) in [6.07, 6.45) is 2.90. The van der Waals surface area contributed by atoms with Crippen molar-refractivity contribution >= 4 is 21.8 Å². The Morgan fingerprint density at radius 1 is 0.758 bits per heavy atom. The summed E-state index contributed by atoms with van der Waals surface area (Å²) in [5.41, 5.74) is 2.80. The highest BCUT2D eigenvalue weighted by atomic mass is 15.5. The topological polar surface area (TPSA) is 130 Å². The molecular formula is C24H33N9. The molecule has 0 atom stereocenters. The third kappa shape index (κ3) is 7.11. The smallest absolute Gasteiger partial charge is 0.223 e. The number of para-hydroxylation sites is 2. The van der Waals surface area contributed by atoms with Crippen LogP contribution in [0.4, 0.5) is 0 Å². The summed E-state index contributed by atoms with van der Waals surface area (Å²) in [6, 6.07) is 17.2. The SMILES string of the molecule is C.C.CC.CC.N#Cc1ncnc2ccccc12.[2HH].c1ccc2c(-c3nn[nH]n3)ncnc2c1. The largest absolute Gasteiger partial charge is 0.236 e. The fraction of sp³-hybridized carbons (Fsp3) is 0.250. The molecule has 0 radical (unpaired) electrons. The Kier molecular flexibility index (Phi) is 13.5. The summed E-state index contributed by atoms with van der Waals surface area (Å²) in [7, 11) is 0. The summed E-state index contributed by atoms with van der Waals surface area (Å²) in [5.74, 6) is 0.480. The highest BCUT2D eigenvalue weighted by molar-refractivity contribution is 5.89. The molecule has 0 aliphatic carbocycles. The summed E-state index contributed by atoms with van der Waals surface area (Å²) < 4.78 is 0. The number of benzene rings is 2. The lowest BCUT2D eigenvalue weighted by atomic mass is 10.2. The first kappa shape index (κ1) is 28.7. The second kappa shape index (κ2) is 15.5. The minimum absolute atomic E-state index is 0. The van der Waals surface area contributed by atoms with Gasteiger partial charge in [0.15, 0.2) is 5.69 Å². The van der Waals surface area contributed by atoms with E-state index in [0.717, 1.165) is 21.8 Å². The highest BCUT2D eigenvalue weighted by Crippen LogP contribution is 2.20. The Balaban J connectivity index is 0. The first-order chi connectivity index (χ1) is 15.4. The van der Waals surface area contributed by atoms with Crippen LogP contribution in [0.2, 0.25) is 0 Å². The van der Waals surface area contributed by atoms with Gasteiger partial charge in [0, 0.05) is 12.2 Å². The number of nitrogens with one attached hydrogen (secondary N) is 1. The van der Waals surface area contributed by atoms with E-state index in [1.165, 1.54) is 12.7 Å². The van der Waals surface area contributed by atoms with Crippen LogP contribution < -0.4 is 0 Å². The number of H-pyrrole nitrogens is 1. The van der Waals surface area contributed by atoms with Gasteiger partial charge in [0.05, 0.1) is 11.0 Å². The zero-order valence-corrected chi connectivity index (χ0v) is 17.9. The molecule has 0 amide bonds. The first-order valence-electron chi connectivity index (χ1n) is 9.90. The van der Waals surface area contributed by atoms with E-state index in [0.29, 0.717) is 17.2 Å². The van der Waals surface area contributed by atoms with Crippen molar-refractivity contribution in [2.24, 2.45) is 0 Å². The Labute approximate surface area is 196 Å². The predicted octanol–water partition coefficient (Wildman–Crippen LogP) is 5.88. The van der Waals surface area contributed by atoms with E-state index in [1.54, 1.807) is 0 Å². The maximum Gasteiger partial charge on any atom is 0.223 e. The van der Waals surface area contributed by atoms with Gasteiger partial charge in [-0.05, 0) is 23.4 Å². The van der Waals surface area contributed by atoms with Crippen LogP contribution in [0.5, 0.6) is 0 Å². The van der Waals surface area contributed by atoms with Crippen molar-refractivity contribution in [1.29, 1.82) is 5.26 Å². The second-order valence-corrected chi connectivity index (χ2v) is 5.33. The third-order valence-electron chi connectivity index (χ3n) is 3.75. The highest BCUT2D eigenvalue weighted by Gasteiger charge is 2.09. The number of hydrogen-bond donors (Lipinski definition) is 1. The molecule has 0 bridgehead atoms. The van der Waals surface area contributed by atoms with Crippen LogP contribution in [0.25, 0.3) is 33.3 Å². The van der Waals surface area contributed by atoms with Gasteiger partial charge in [-0.25, -0.2) is 19.9 Å². The average molecular weight is 449 g/mol. The van der Waals surface area contributed by atoms with Gasteiger partial charge in [0.25, 0.3) is 0 Å². The van der Waals surface area contributed by atoms with E-state index in [1.807, 2.05) is 82.3 Å². The van der Waals surface area contributed by atoms with Gasteiger partial charge >= 0.3 is 0 Å². The molecule has 3 heterocycles. The quantitative estimate of drug-likeness (QED) is 0.336. The average Bonchev–Trinajstić information content (AvgIpc) is 3.41. The van der Waals surface area contributed by atoms with Crippen molar-refractivity contribution in [3.63, 3.8) is 0 Å². The Morgan fingerprint density at radius 2 is 1.30 bits per heavy atom. The van der Waals surface area contributed by atoms with Gasteiger partial charge in [-0.15, -0.1) is 10.2 Å². The molecular weight excluding hydrogens is 414 g/mol. The molecule has 5 rings (SSSR count). The third-order valence-corrected chi connectivity index (χ3v) is 3.75. The van der Waals surface area contributed by atoms with Crippen molar-refractivity contribution < 1.29 is 1.43 Å². The number of nitriles is 1. The minimum atomic E-state index is 0. The van der Waals surface area contributed by atoms with Gasteiger partial charge < -0.3 is 0 Å². The molecule has 1 N–H and O–H groups in total. The lowest BCUT2D eigenvalue weighted by Gasteiger charge is -1.99. The van der Waals surface area contributed by atoms with Crippen LogP contribution in [0, 0.1) is 11.3 Å². The van der Waals surface area contributed by atoms with E-state index in [4.69, 9.17) is 5.26 Å². The van der Waals surface area contributed by atoms with E-state index in [2.05, 4.69) is 40.6 Å². The van der Waals surface area contributed by atoms with Crippen molar-refractivity contribution in [3.05, 3.63) is 66.9 Å². The van der Waals surface area contributed by atoms with Gasteiger partial charge in [0.1, 0.15) is 24.4 Å². The summed E-state index contributed by atoms with van der Waals surface area (Å²) in [4.78, 5) is 16.2. The molecule has 2 aromatic carbocycles. The number of aromatic amines is 1. The fourth-order valence-corrected chi connectivity index (χ4v) is 2.54. The fourth-order valence-electron chi connectivity index (χ4n) is 2.54. The number of fused-ring (bicyclic) bond motifs is 2. The monoisotopic (exact) mass is 448 g/mol. The first-order valence-corrected chi connectivity index (χ1v) is 9.90. The van der Waals surface area contributed by atoms with Crippen LogP contribution in [0.3, 0.4) is 0 Å². The van der Waals surface area contributed by atoms with Gasteiger partial charge in [0.2, 0.25) is 5.82 Å². The van der Waals surface area contributed by atoms with E-state index >= 15 is 0 Å². The predicted molar refractivity (Wildman–Crippen MR) is 135 cm³/mol. The molecule has 0 unspecified atom stereocenters. The maximum atomic E-state index is 8.70. The summed E-state index contributed by atoms with van der Waals surface area (Å²) in [5, 5.41) is 24.1.